The van der Waals surface area contributed by atoms with E-state index in [-0.39, 0.29) is 0 Å². The number of rotatable bonds is 2. The molecule has 1 aliphatic rings. The maximum atomic E-state index is 4.33. The summed E-state index contributed by atoms with van der Waals surface area (Å²) in [5.41, 5.74) is 2.35. The third-order valence-electron chi connectivity index (χ3n) is 2.67. The fourth-order valence-corrected chi connectivity index (χ4v) is 1.71. The van der Waals surface area contributed by atoms with E-state index in [4.69, 9.17) is 0 Å². The van der Waals surface area contributed by atoms with Crippen LogP contribution in [0.25, 0.3) is 10.9 Å². The van der Waals surface area contributed by atoms with Gasteiger partial charge in [-0.2, -0.15) is 5.10 Å². The highest BCUT2D eigenvalue weighted by Crippen LogP contribution is 2.33. The highest BCUT2D eigenvalue weighted by Gasteiger charge is 2.23. The first-order valence-corrected chi connectivity index (χ1v) is 4.76. The van der Waals surface area contributed by atoms with Gasteiger partial charge in [-0.3, -0.25) is 5.10 Å². The fraction of sp³-hybridized carbons (Fsp3) is 0.364. The van der Waals surface area contributed by atoms with E-state index in [1.807, 2.05) is 18.2 Å². The molecule has 0 unspecified atom stereocenters. The summed E-state index contributed by atoms with van der Waals surface area (Å²) in [7, 11) is 0. The average Bonchev–Trinajstić information content (AvgIpc) is 2.88. The molecule has 0 bridgehead atoms. The van der Waals surface area contributed by atoms with E-state index < -0.39 is 0 Å². The molecule has 1 aromatic heterocycles. The maximum Gasteiger partial charge on any atom is 0.0703 e. The average molecular weight is 171 g/mol. The van der Waals surface area contributed by atoms with Crippen molar-refractivity contribution in [1.29, 1.82) is 0 Å². The Kier molecular flexibility index (Phi) is 1.42. The zero-order valence-corrected chi connectivity index (χ0v) is 7.38. The molecule has 0 spiro atoms. The lowest BCUT2D eigenvalue weighted by atomic mass is 10.1. The van der Waals surface area contributed by atoms with Crippen molar-refractivity contribution in [3.05, 3.63) is 30.0 Å². The summed E-state index contributed by atoms with van der Waals surface area (Å²) in [6.07, 6.45) is 3.90. The number of benzene rings is 1. The number of aromatic nitrogens is 2. The van der Waals surface area contributed by atoms with E-state index in [1.54, 1.807) is 0 Å². The third kappa shape index (κ3) is 1.22. The Labute approximate surface area is 77.0 Å². The molecule has 3 rings (SSSR count). The second-order valence-corrected chi connectivity index (χ2v) is 3.79. The lowest BCUT2D eigenvalue weighted by molar-refractivity contribution is 0.801. The molecule has 0 aliphatic heterocycles. The molecule has 1 saturated carbocycles. The van der Waals surface area contributed by atoms with E-state index in [9.17, 15) is 0 Å². The standard InChI is InChI=1S/C11H11N2/c1-2-4-10-9(3-1)11(13-12-10)7-8-5-6-8/h2-4,8H,5-7H2,(H,12,13). The molecule has 0 atom stereocenters. The molecule has 1 aliphatic carbocycles. The normalized spacial score (nSPS) is 16.6. The van der Waals surface area contributed by atoms with Crippen LogP contribution < -0.4 is 0 Å². The van der Waals surface area contributed by atoms with Crippen LogP contribution in [0.15, 0.2) is 18.2 Å². The van der Waals surface area contributed by atoms with Crippen LogP contribution in [-0.2, 0) is 6.42 Å². The molecule has 1 N–H and O–H groups in total. The minimum atomic E-state index is 0.895. The predicted octanol–water partition coefficient (Wildman–Crippen LogP) is 2.32. The number of nitrogens with one attached hydrogen (secondary N) is 1. The van der Waals surface area contributed by atoms with E-state index >= 15 is 0 Å². The van der Waals surface area contributed by atoms with Gasteiger partial charge < -0.3 is 0 Å². The summed E-state index contributed by atoms with van der Waals surface area (Å²) in [4.78, 5) is 0. The van der Waals surface area contributed by atoms with Crippen LogP contribution >= 0.6 is 0 Å². The third-order valence-corrected chi connectivity index (χ3v) is 2.67. The number of H-pyrrole nitrogens is 1. The van der Waals surface area contributed by atoms with E-state index in [1.165, 1.54) is 23.9 Å². The minimum absolute atomic E-state index is 0.895. The van der Waals surface area contributed by atoms with Gasteiger partial charge in [-0.05, 0) is 43.4 Å². The van der Waals surface area contributed by atoms with Gasteiger partial charge in [-0.1, -0.05) is 6.07 Å². The Balaban J connectivity index is 2.06. The highest BCUT2D eigenvalue weighted by molar-refractivity contribution is 5.80. The van der Waals surface area contributed by atoms with Crippen molar-refractivity contribution in [3.8, 4) is 0 Å². The van der Waals surface area contributed by atoms with Gasteiger partial charge >= 0.3 is 0 Å². The Hall–Kier alpha value is -1.31. The van der Waals surface area contributed by atoms with Crippen LogP contribution in [0, 0.1) is 12.0 Å². The van der Waals surface area contributed by atoms with Crippen LogP contribution in [0.2, 0.25) is 0 Å². The van der Waals surface area contributed by atoms with Gasteiger partial charge in [0.15, 0.2) is 0 Å². The van der Waals surface area contributed by atoms with Crippen molar-refractivity contribution in [2.75, 3.05) is 0 Å². The van der Waals surface area contributed by atoms with Crippen LogP contribution in [-0.4, -0.2) is 10.2 Å². The largest absolute Gasteiger partial charge is 0.278 e. The number of fused-ring (bicyclic) bond motifs is 1. The summed E-state index contributed by atoms with van der Waals surface area (Å²) in [5, 5.41) is 8.63. The molecule has 1 radical (unpaired) electrons. The molecular formula is C11H11N2. The van der Waals surface area contributed by atoms with Crippen molar-refractivity contribution in [2.24, 2.45) is 5.92 Å². The molecule has 0 saturated heterocycles. The van der Waals surface area contributed by atoms with Crippen LogP contribution in [0.4, 0.5) is 0 Å². The maximum absolute atomic E-state index is 4.33. The van der Waals surface area contributed by atoms with Crippen molar-refractivity contribution in [1.82, 2.24) is 10.2 Å². The van der Waals surface area contributed by atoms with Gasteiger partial charge in [0.25, 0.3) is 0 Å². The second-order valence-electron chi connectivity index (χ2n) is 3.79. The molecule has 0 amide bonds. The zero-order valence-electron chi connectivity index (χ0n) is 7.38. The molecule has 13 heavy (non-hydrogen) atoms. The van der Waals surface area contributed by atoms with Gasteiger partial charge in [0, 0.05) is 5.39 Å². The molecule has 2 nitrogen and oxygen atoms in total. The molecule has 1 aromatic carbocycles. The lowest BCUT2D eigenvalue weighted by Gasteiger charge is -1.92. The molecule has 1 heterocycles. The minimum Gasteiger partial charge on any atom is -0.278 e. The quantitative estimate of drug-likeness (QED) is 0.738. The van der Waals surface area contributed by atoms with Crippen LogP contribution in [0.1, 0.15) is 18.5 Å². The summed E-state index contributed by atoms with van der Waals surface area (Å²) < 4.78 is 0. The molecule has 2 aromatic rings. The SMILES string of the molecule is [c]1ccc2[nH]nc(CC3CC3)c2c1. The van der Waals surface area contributed by atoms with Crippen LogP contribution in [0.3, 0.4) is 0 Å². The Morgan fingerprint density at radius 1 is 1.54 bits per heavy atom. The second kappa shape index (κ2) is 2.59. The zero-order chi connectivity index (χ0) is 8.67. The fourth-order valence-electron chi connectivity index (χ4n) is 1.71. The first kappa shape index (κ1) is 7.13. The number of nitrogens with zero attached hydrogens (tertiary/aromatic N) is 1. The van der Waals surface area contributed by atoms with Gasteiger partial charge in [-0.15, -0.1) is 0 Å². The summed E-state index contributed by atoms with van der Waals surface area (Å²) in [6, 6.07) is 9.06. The van der Waals surface area contributed by atoms with Gasteiger partial charge in [-0.25, -0.2) is 0 Å². The summed E-state index contributed by atoms with van der Waals surface area (Å²) >= 11 is 0. The van der Waals surface area contributed by atoms with Crippen molar-refractivity contribution in [3.63, 3.8) is 0 Å². The summed E-state index contributed by atoms with van der Waals surface area (Å²) in [5.74, 6) is 0.895. The van der Waals surface area contributed by atoms with E-state index in [2.05, 4.69) is 16.3 Å². The van der Waals surface area contributed by atoms with Crippen molar-refractivity contribution >= 4 is 10.9 Å². The Bertz CT molecular complexity index is 426. The summed E-state index contributed by atoms with van der Waals surface area (Å²) in [6.45, 7) is 0. The van der Waals surface area contributed by atoms with Crippen LogP contribution in [0.5, 0.6) is 0 Å². The van der Waals surface area contributed by atoms with Gasteiger partial charge in [0.2, 0.25) is 0 Å². The van der Waals surface area contributed by atoms with Gasteiger partial charge in [0.05, 0.1) is 11.2 Å². The highest BCUT2D eigenvalue weighted by atomic mass is 15.1. The van der Waals surface area contributed by atoms with Gasteiger partial charge in [0.1, 0.15) is 0 Å². The van der Waals surface area contributed by atoms with E-state index in [0.29, 0.717) is 0 Å². The van der Waals surface area contributed by atoms with E-state index in [0.717, 1.165) is 17.9 Å². The van der Waals surface area contributed by atoms with Crippen molar-refractivity contribution in [2.45, 2.75) is 19.3 Å². The molecule has 2 heteroatoms. The first-order valence-electron chi connectivity index (χ1n) is 4.76. The monoisotopic (exact) mass is 171 g/mol. The molecule has 65 valence electrons. The topological polar surface area (TPSA) is 28.7 Å². The number of hydrogen-bond donors (Lipinski definition) is 1. The lowest BCUT2D eigenvalue weighted by Crippen LogP contribution is -1.87. The predicted molar refractivity (Wildman–Crippen MR) is 51.4 cm³/mol. The number of hydrogen-bond acceptors (Lipinski definition) is 1. The smallest absolute Gasteiger partial charge is 0.0703 e. The Morgan fingerprint density at radius 2 is 2.46 bits per heavy atom. The molecular weight excluding hydrogens is 160 g/mol. The van der Waals surface area contributed by atoms with Crippen molar-refractivity contribution < 1.29 is 0 Å². The number of aromatic amines is 1. The Morgan fingerprint density at radius 3 is 3.31 bits per heavy atom. The first-order chi connectivity index (χ1) is 6.43. The molecule has 1 fully saturated rings.